The quantitative estimate of drug-likeness (QED) is 0.538. The third kappa shape index (κ3) is 3.28. The Morgan fingerprint density at radius 1 is 1.12 bits per heavy atom. The van der Waals surface area contributed by atoms with Gasteiger partial charge in [-0.25, -0.2) is 4.98 Å². The number of benzene rings is 1. The fraction of sp³-hybridized carbons (Fsp3) is 0.0476. The van der Waals surface area contributed by atoms with Crippen LogP contribution in [0.25, 0.3) is 22.7 Å². The third-order valence-electron chi connectivity index (χ3n) is 4.12. The first kappa shape index (κ1) is 15.9. The summed E-state index contributed by atoms with van der Waals surface area (Å²) in [6.45, 7) is 0.339. The van der Waals surface area contributed by atoms with Crippen LogP contribution < -0.4 is 5.32 Å². The third-order valence-corrected chi connectivity index (χ3v) is 4.12. The first-order chi connectivity index (χ1) is 12.8. The molecule has 0 fully saturated rings. The molecule has 128 valence electrons. The number of nitrogens with one attached hydrogen (secondary N) is 2. The van der Waals surface area contributed by atoms with Gasteiger partial charge in [-0.2, -0.15) is 0 Å². The molecule has 0 aliphatic heterocycles. The minimum Gasteiger partial charge on any atom is -0.467 e. The zero-order valence-electron chi connectivity index (χ0n) is 14.0. The van der Waals surface area contributed by atoms with Crippen LogP contribution in [0.1, 0.15) is 16.9 Å². The normalized spacial score (nSPS) is 11.6. The van der Waals surface area contributed by atoms with Crippen LogP contribution in [0, 0.1) is 0 Å². The molecule has 0 saturated heterocycles. The van der Waals surface area contributed by atoms with Crippen molar-refractivity contribution < 1.29 is 9.21 Å². The van der Waals surface area contributed by atoms with Crippen LogP contribution in [-0.2, 0) is 11.3 Å². The lowest BCUT2D eigenvalue weighted by Gasteiger charge is -2.09. The van der Waals surface area contributed by atoms with Crippen LogP contribution in [0.3, 0.4) is 0 Å². The number of rotatable bonds is 5. The Bertz CT molecular complexity index is 1050. The van der Waals surface area contributed by atoms with Crippen molar-refractivity contribution in [2.45, 2.75) is 6.54 Å². The van der Waals surface area contributed by atoms with Gasteiger partial charge in [0, 0.05) is 28.9 Å². The topological polar surface area (TPSA) is 70.9 Å². The zero-order chi connectivity index (χ0) is 17.8. The molecule has 0 aliphatic carbocycles. The highest BCUT2D eigenvalue weighted by Gasteiger charge is 2.14. The molecule has 1 amide bonds. The molecule has 5 heteroatoms. The van der Waals surface area contributed by atoms with Crippen LogP contribution in [0.5, 0.6) is 0 Å². The van der Waals surface area contributed by atoms with Gasteiger partial charge in [0.25, 0.3) is 5.91 Å². The highest BCUT2D eigenvalue weighted by atomic mass is 16.3. The van der Waals surface area contributed by atoms with Crippen LogP contribution >= 0.6 is 0 Å². The van der Waals surface area contributed by atoms with E-state index in [2.05, 4.69) is 15.3 Å². The van der Waals surface area contributed by atoms with Crippen molar-refractivity contribution in [2.24, 2.45) is 0 Å². The molecular weight excluding hydrogens is 326 g/mol. The lowest BCUT2D eigenvalue weighted by molar-refractivity contribution is -0.115. The molecule has 0 spiro atoms. The van der Waals surface area contributed by atoms with E-state index in [4.69, 9.17) is 4.42 Å². The molecule has 2 N–H and O–H groups in total. The van der Waals surface area contributed by atoms with Gasteiger partial charge in [-0.1, -0.05) is 30.3 Å². The van der Waals surface area contributed by atoms with Gasteiger partial charge in [0.2, 0.25) is 0 Å². The number of aromatic amines is 1. The Morgan fingerprint density at radius 3 is 2.81 bits per heavy atom. The number of aromatic nitrogens is 2. The van der Waals surface area contributed by atoms with Crippen molar-refractivity contribution in [3.8, 4) is 0 Å². The van der Waals surface area contributed by atoms with Crippen molar-refractivity contribution in [3.05, 3.63) is 90.1 Å². The number of amides is 1. The van der Waals surface area contributed by atoms with E-state index < -0.39 is 0 Å². The molecule has 3 heterocycles. The Labute approximate surface area is 150 Å². The van der Waals surface area contributed by atoms with Crippen molar-refractivity contribution in [1.82, 2.24) is 15.3 Å². The summed E-state index contributed by atoms with van der Waals surface area (Å²) in [5.41, 5.74) is 3.15. The summed E-state index contributed by atoms with van der Waals surface area (Å²) in [5.74, 6) is 0.549. The summed E-state index contributed by atoms with van der Waals surface area (Å²) in [6, 6.07) is 17.1. The van der Waals surface area contributed by atoms with E-state index in [1.54, 1.807) is 18.5 Å². The van der Waals surface area contributed by atoms with E-state index in [-0.39, 0.29) is 5.91 Å². The maximum atomic E-state index is 12.9. The predicted molar refractivity (Wildman–Crippen MR) is 101 cm³/mol. The van der Waals surface area contributed by atoms with Gasteiger partial charge in [-0.3, -0.25) is 4.79 Å². The Hall–Kier alpha value is -3.60. The minimum absolute atomic E-state index is 0.161. The van der Waals surface area contributed by atoms with Gasteiger partial charge in [0.1, 0.15) is 11.4 Å². The molecule has 3 aromatic heterocycles. The predicted octanol–water partition coefficient (Wildman–Crippen LogP) is 4.01. The highest BCUT2D eigenvalue weighted by molar-refractivity contribution is 6.24. The summed E-state index contributed by atoms with van der Waals surface area (Å²) in [5, 5.41) is 3.89. The first-order valence-electron chi connectivity index (χ1n) is 8.31. The van der Waals surface area contributed by atoms with Gasteiger partial charge < -0.3 is 14.7 Å². The van der Waals surface area contributed by atoms with Gasteiger partial charge in [-0.05, 0) is 35.9 Å². The van der Waals surface area contributed by atoms with Crippen LogP contribution in [-0.4, -0.2) is 15.9 Å². The number of H-pyrrole nitrogens is 1. The summed E-state index contributed by atoms with van der Waals surface area (Å²) in [4.78, 5) is 20.3. The fourth-order valence-electron chi connectivity index (χ4n) is 2.83. The number of carbonyl (C=O) groups is 1. The lowest BCUT2D eigenvalue weighted by Crippen LogP contribution is -2.23. The summed E-state index contributed by atoms with van der Waals surface area (Å²) in [6.07, 6.45) is 7.07. The molecule has 0 unspecified atom stereocenters. The second-order valence-electron chi connectivity index (χ2n) is 5.83. The molecule has 0 saturated carbocycles. The van der Waals surface area contributed by atoms with Gasteiger partial charge in [-0.15, -0.1) is 0 Å². The van der Waals surface area contributed by atoms with Crippen molar-refractivity contribution in [3.63, 3.8) is 0 Å². The molecule has 5 nitrogen and oxygen atoms in total. The zero-order valence-corrected chi connectivity index (χ0v) is 14.0. The SMILES string of the molecule is O=C(NCc1ccco1)C(=Cc1c[nH]c2ncccc12)c1ccccc1. The van der Waals surface area contributed by atoms with Crippen LogP contribution in [0.4, 0.5) is 0 Å². The van der Waals surface area contributed by atoms with Crippen molar-refractivity contribution >= 4 is 28.6 Å². The van der Waals surface area contributed by atoms with E-state index in [1.807, 2.05) is 60.8 Å². The molecule has 1 aromatic carbocycles. The van der Waals surface area contributed by atoms with Gasteiger partial charge in [0.15, 0.2) is 0 Å². The average Bonchev–Trinajstić information content (AvgIpc) is 3.35. The van der Waals surface area contributed by atoms with Crippen molar-refractivity contribution in [2.75, 3.05) is 0 Å². The number of pyridine rings is 1. The maximum absolute atomic E-state index is 12.9. The molecule has 4 aromatic rings. The first-order valence-corrected chi connectivity index (χ1v) is 8.31. The minimum atomic E-state index is -0.161. The largest absolute Gasteiger partial charge is 0.467 e. The number of fused-ring (bicyclic) bond motifs is 1. The van der Waals surface area contributed by atoms with E-state index >= 15 is 0 Å². The molecule has 0 atom stereocenters. The Morgan fingerprint density at radius 2 is 2.00 bits per heavy atom. The van der Waals surface area contributed by atoms with E-state index in [0.717, 1.165) is 22.2 Å². The second kappa shape index (κ2) is 7.11. The number of hydrogen-bond acceptors (Lipinski definition) is 3. The second-order valence-corrected chi connectivity index (χ2v) is 5.83. The molecule has 4 rings (SSSR count). The maximum Gasteiger partial charge on any atom is 0.252 e. The molecule has 0 bridgehead atoms. The number of hydrogen-bond donors (Lipinski definition) is 2. The lowest BCUT2D eigenvalue weighted by atomic mass is 10.0. The summed E-state index contributed by atoms with van der Waals surface area (Å²) in [7, 11) is 0. The van der Waals surface area contributed by atoms with Crippen LogP contribution in [0.2, 0.25) is 0 Å². The van der Waals surface area contributed by atoms with Crippen molar-refractivity contribution in [1.29, 1.82) is 0 Å². The molecule has 0 radical (unpaired) electrons. The molecule has 26 heavy (non-hydrogen) atoms. The standard InChI is InChI=1S/C21H17N3O2/c25-21(24-14-17-8-5-11-26-17)19(15-6-2-1-3-7-15)12-16-13-23-20-18(16)9-4-10-22-20/h1-13H,14H2,(H,22,23)(H,24,25). The van der Waals surface area contributed by atoms with Gasteiger partial charge in [0.05, 0.1) is 12.8 Å². The monoisotopic (exact) mass is 343 g/mol. The average molecular weight is 343 g/mol. The Balaban J connectivity index is 1.70. The van der Waals surface area contributed by atoms with E-state index in [1.165, 1.54) is 0 Å². The highest BCUT2D eigenvalue weighted by Crippen LogP contribution is 2.23. The van der Waals surface area contributed by atoms with E-state index in [9.17, 15) is 4.79 Å². The van der Waals surface area contributed by atoms with Gasteiger partial charge >= 0.3 is 0 Å². The van der Waals surface area contributed by atoms with Crippen LogP contribution in [0.15, 0.2) is 77.7 Å². The molecule has 0 aliphatic rings. The smallest absolute Gasteiger partial charge is 0.252 e. The number of carbonyl (C=O) groups excluding carboxylic acids is 1. The van der Waals surface area contributed by atoms with E-state index in [0.29, 0.717) is 17.9 Å². The number of nitrogens with zero attached hydrogens (tertiary/aromatic N) is 1. The molecular formula is C21H17N3O2. The summed E-state index contributed by atoms with van der Waals surface area (Å²) < 4.78 is 5.29. The summed E-state index contributed by atoms with van der Waals surface area (Å²) >= 11 is 0. The Kier molecular flexibility index (Phi) is 4.35. The number of furan rings is 1. The fourth-order valence-corrected chi connectivity index (χ4v) is 2.83.